The number of nitrogens with zero attached hydrogens (tertiary/aromatic N) is 2. The van der Waals surface area contributed by atoms with Gasteiger partial charge >= 0.3 is 12.3 Å². The lowest BCUT2D eigenvalue weighted by Crippen LogP contribution is -2.50. The van der Waals surface area contributed by atoms with Crippen molar-refractivity contribution >= 4 is 28.7 Å². The van der Waals surface area contributed by atoms with Gasteiger partial charge in [-0.25, -0.2) is 4.79 Å². The second-order valence-corrected chi connectivity index (χ2v) is 5.96. The van der Waals surface area contributed by atoms with Crippen molar-refractivity contribution in [2.24, 2.45) is 0 Å². The number of hydrogen-bond donors (Lipinski definition) is 2. The lowest BCUT2D eigenvalue weighted by Gasteiger charge is -2.33. The molecule has 0 radical (unpaired) electrons. The summed E-state index contributed by atoms with van der Waals surface area (Å²) < 4.78 is 43.9. The Morgan fingerprint density at radius 1 is 1.35 bits per heavy atom. The standard InChI is InChI=1S/C16H17F3N4O3/c1-26-15(25)23-8-3-2-7-11(23)14(24)20-13-9-5-4-6-10(16(17,18)19)12(9)21-22-13/h4-6,11H,2-3,7-8H2,1H3,(H2,20,21,22,24). The number of alkyl halides is 3. The van der Waals surface area contributed by atoms with E-state index in [2.05, 4.69) is 20.3 Å². The Morgan fingerprint density at radius 3 is 2.81 bits per heavy atom. The maximum Gasteiger partial charge on any atom is 0.418 e. The van der Waals surface area contributed by atoms with Crippen LogP contribution in [0.25, 0.3) is 10.9 Å². The van der Waals surface area contributed by atoms with E-state index in [1.165, 1.54) is 24.1 Å². The molecule has 1 atom stereocenters. The third kappa shape index (κ3) is 3.31. The molecular weight excluding hydrogens is 353 g/mol. The third-order valence-corrected chi connectivity index (χ3v) is 4.36. The minimum atomic E-state index is -4.54. The first-order valence-electron chi connectivity index (χ1n) is 8.02. The maximum atomic E-state index is 13.1. The zero-order valence-electron chi connectivity index (χ0n) is 13.9. The Bertz CT molecular complexity index is 834. The Hall–Kier alpha value is -2.78. The molecule has 1 aliphatic rings. The number of likely N-dealkylation sites (tertiary alicyclic amines) is 1. The lowest BCUT2D eigenvalue weighted by atomic mass is 10.0. The number of fused-ring (bicyclic) bond motifs is 1. The van der Waals surface area contributed by atoms with Gasteiger partial charge in [-0.05, 0) is 31.4 Å². The normalized spacial score (nSPS) is 18.0. The van der Waals surface area contributed by atoms with Gasteiger partial charge in [-0.1, -0.05) is 6.07 Å². The number of carbonyl (C=O) groups excluding carboxylic acids is 2. The van der Waals surface area contributed by atoms with Crippen LogP contribution in [0.4, 0.5) is 23.8 Å². The minimum absolute atomic E-state index is 0.00788. The van der Waals surface area contributed by atoms with E-state index in [1.807, 2.05) is 0 Å². The molecular formula is C16H17F3N4O3. The van der Waals surface area contributed by atoms with E-state index in [4.69, 9.17) is 0 Å². The number of para-hydroxylation sites is 1. The van der Waals surface area contributed by atoms with Gasteiger partial charge in [-0.3, -0.25) is 14.8 Å². The summed E-state index contributed by atoms with van der Waals surface area (Å²) in [5, 5.41) is 8.80. The van der Waals surface area contributed by atoms with Crippen LogP contribution in [-0.4, -0.2) is 46.8 Å². The molecule has 0 saturated carbocycles. The van der Waals surface area contributed by atoms with E-state index in [0.717, 1.165) is 18.9 Å². The Kier molecular flexibility index (Phi) is 4.75. The van der Waals surface area contributed by atoms with E-state index in [0.29, 0.717) is 13.0 Å². The van der Waals surface area contributed by atoms with Gasteiger partial charge in [0.15, 0.2) is 5.82 Å². The predicted octanol–water partition coefficient (Wildman–Crippen LogP) is 3.14. The van der Waals surface area contributed by atoms with Crippen LogP contribution in [0.3, 0.4) is 0 Å². The first kappa shape index (κ1) is 18.0. The summed E-state index contributed by atoms with van der Waals surface area (Å²) in [5.41, 5.74) is -1.07. The smallest absolute Gasteiger partial charge is 0.418 e. The van der Waals surface area contributed by atoms with Gasteiger partial charge in [0.1, 0.15) is 6.04 Å². The summed E-state index contributed by atoms with van der Waals surface area (Å²) in [6, 6.07) is 2.86. The third-order valence-electron chi connectivity index (χ3n) is 4.36. The summed E-state index contributed by atoms with van der Waals surface area (Å²) in [4.78, 5) is 25.7. The maximum absolute atomic E-state index is 13.1. The first-order valence-corrected chi connectivity index (χ1v) is 8.02. The number of hydrogen-bond acceptors (Lipinski definition) is 4. The van der Waals surface area contributed by atoms with Crippen LogP contribution in [0.5, 0.6) is 0 Å². The van der Waals surface area contributed by atoms with Crippen LogP contribution in [0.15, 0.2) is 18.2 Å². The molecule has 0 aliphatic carbocycles. The van der Waals surface area contributed by atoms with Gasteiger partial charge in [0, 0.05) is 11.9 Å². The van der Waals surface area contributed by atoms with Crippen LogP contribution >= 0.6 is 0 Å². The fraction of sp³-hybridized carbons (Fsp3) is 0.438. The van der Waals surface area contributed by atoms with Crippen LogP contribution < -0.4 is 5.32 Å². The van der Waals surface area contributed by atoms with Crippen molar-refractivity contribution in [2.45, 2.75) is 31.5 Å². The zero-order chi connectivity index (χ0) is 18.9. The minimum Gasteiger partial charge on any atom is -0.453 e. The number of ether oxygens (including phenoxy) is 1. The fourth-order valence-corrected chi connectivity index (χ4v) is 3.11. The van der Waals surface area contributed by atoms with Gasteiger partial charge in [0.2, 0.25) is 5.91 Å². The van der Waals surface area contributed by atoms with Crippen LogP contribution in [0, 0.1) is 0 Å². The molecule has 1 fully saturated rings. The molecule has 140 valence electrons. The molecule has 7 nitrogen and oxygen atoms in total. The summed E-state index contributed by atoms with van der Waals surface area (Å²) in [6.45, 7) is 0.379. The number of anilines is 1. The molecule has 0 bridgehead atoms. The van der Waals surface area contributed by atoms with Crippen molar-refractivity contribution in [3.8, 4) is 0 Å². The highest BCUT2D eigenvalue weighted by molar-refractivity contribution is 6.03. The zero-order valence-corrected chi connectivity index (χ0v) is 13.9. The monoisotopic (exact) mass is 370 g/mol. The average Bonchev–Trinajstić information content (AvgIpc) is 3.03. The lowest BCUT2D eigenvalue weighted by molar-refractivity contribution is -0.136. The Morgan fingerprint density at radius 2 is 2.12 bits per heavy atom. The molecule has 1 aromatic heterocycles. The number of carbonyl (C=O) groups is 2. The summed E-state index contributed by atoms with van der Waals surface area (Å²) in [5.74, 6) is -0.521. The summed E-state index contributed by atoms with van der Waals surface area (Å²) in [6.07, 6.45) is -3.21. The van der Waals surface area contributed by atoms with Crippen molar-refractivity contribution in [1.82, 2.24) is 15.1 Å². The predicted molar refractivity (Wildman–Crippen MR) is 86.5 cm³/mol. The number of piperidine rings is 1. The highest BCUT2D eigenvalue weighted by atomic mass is 19.4. The van der Waals surface area contributed by atoms with Gasteiger partial charge in [-0.15, -0.1) is 0 Å². The van der Waals surface area contributed by atoms with Crippen molar-refractivity contribution in [3.63, 3.8) is 0 Å². The Balaban J connectivity index is 1.87. The number of nitrogens with one attached hydrogen (secondary N) is 2. The topological polar surface area (TPSA) is 87.3 Å². The second kappa shape index (κ2) is 6.85. The first-order chi connectivity index (χ1) is 12.3. The quantitative estimate of drug-likeness (QED) is 0.850. The molecule has 3 rings (SSSR count). The van der Waals surface area contributed by atoms with Crippen molar-refractivity contribution < 1.29 is 27.5 Å². The van der Waals surface area contributed by atoms with Gasteiger partial charge < -0.3 is 10.1 Å². The van der Waals surface area contributed by atoms with Crippen LogP contribution in [0.2, 0.25) is 0 Å². The largest absolute Gasteiger partial charge is 0.453 e. The van der Waals surface area contributed by atoms with Crippen molar-refractivity contribution in [3.05, 3.63) is 23.8 Å². The second-order valence-electron chi connectivity index (χ2n) is 5.96. The highest BCUT2D eigenvalue weighted by Crippen LogP contribution is 2.35. The fourth-order valence-electron chi connectivity index (χ4n) is 3.11. The number of amides is 2. The van der Waals surface area contributed by atoms with E-state index < -0.39 is 29.8 Å². The van der Waals surface area contributed by atoms with Gasteiger partial charge in [0.25, 0.3) is 0 Å². The number of H-pyrrole nitrogens is 1. The molecule has 26 heavy (non-hydrogen) atoms. The number of aromatic amines is 1. The van der Waals surface area contributed by atoms with E-state index in [-0.39, 0.29) is 16.7 Å². The Labute approximate surface area is 146 Å². The molecule has 1 saturated heterocycles. The molecule has 1 aromatic carbocycles. The number of halogens is 3. The van der Waals surface area contributed by atoms with E-state index in [9.17, 15) is 22.8 Å². The molecule has 1 unspecified atom stereocenters. The summed E-state index contributed by atoms with van der Waals surface area (Å²) >= 11 is 0. The van der Waals surface area contributed by atoms with Crippen molar-refractivity contribution in [2.75, 3.05) is 19.0 Å². The van der Waals surface area contributed by atoms with Crippen molar-refractivity contribution in [1.29, 1.82) is 0 Å². The number of rotatable bonds is 2. The molecule has 2 amide bonds. The van der Waals surface area contributed by atoms with Crippen LogP contribution in [-0.2, 0) is 15.7 Å². The molecule has 2 aromatic rings. The average molecular weight is 370 g/mol. The number of benzene rings is 1. The SMILES string of the molecule is COC(=O)N1CCCCC1C(=O)Nc1n[nH]c2c(C(F)(F)F)cccc12. The van der Waals surface area contributed by atoms with Crippen LogP contribution in [0.1, 0.15) is 24.8 Å². The highest BCUT2D eigenvalue weighted by Gasteiger charge is 2.35. The summed E-state index contributed by atoms with van der Waals surface area (Å²) in [7, 11) is 1.23. The van der Waals surface area contributed by atoms with Gasteiger partial charge in [-0.2, -0.15) is 18.3 Å². The molecule has 0 spiro atoms. The molecule has 2 N–H and O–H groups in total. The van der Waals surface area contributed by atoms with Gasteiger partial charge in [0.05, 0.1) is 18.2 Å². The molecule has 1 aliphatic heterocycles. The molecule has 10 heteroatoms. The number of aromatic nitrogens is 2. The number of methoxy groups -OCH3 is 1. The van der Waals surface area contributed by atoms with E-state index >= 15 is 0 Å². The van der Waals surface area contributed by atoms with E-state index in [1.54, 1.807) is 0 Å². The molecule has 2 heterocycles.